The third kappa shape index (κ3) is 40.3. The third-order valence-electron chi connectivity index (χ3n) is 8.77. The number of esters is 1. The van der Waals surface area contributed by atoms with Crippen LogP contribution in [-0.2, 0) is 14.3 Å². The fourth-order valence-corrected chi connectivity index (χ4v) is 5.64. The van der Waals surface area contributed by atoms with Crippen LogP contribution in [0.3, 0.4) is 0 Å². The monoisotopic (exact) mass is 697 g/mol. The number of hydrogen-bond acceptors (Lipinski definition) is 4. The molecule has 0 radical (unpaired) electrons. The van der Waals surface area contributed by atoms with Crippen molar-refractivity contribution in [2.45, 2.75) is 193 Å². The molecule has 0 aromatic heterocycles. The van der Waals surface area contributed by atoms with Crippen LogP contribution < -0.4 is 0 Å². The Morgan fingerprint density at radius 3 is 1.38 bits per heavy atom. The van der Waals surface area contributed by atoms with E-state index < -0.39 is 6.10 Å². The van der Waals surface area contributed by atoms with E-state index in [-0.39, 0.29) is 19.2 Å². The molecule has 0 aliphatic heterocycles. The maximum Gasteiger partial charge on any atom is 0.306 e. The molecule has 0 amide bonds. The van der Waals surface area contributed by atoms with E-state index in [0.717, 1.165) is 57.8 Å². The fourth-order valence-electron chi connectivity index (χ4n) is 5.64. The molecule has 0 saturated carbocycles. The average Bonchev–Trinajstić information content (AvgIpc) is 3.12. The highest BCUT2D eigenvalue weighted by Crippen LogP contribution is 2.12. The topological polar surface area (TPSA) is 55.8 Å². The number of allylic oxidation sites excluding steroid dienone is 12. The molecule has 0 heterocycles. The van der Waals surface area contributed by atoms with Gasteiger partial charge in [-0.15, -0.1) is 0 Å². The van der Waals surface area contributed by atoms with Crippen LogP contribution in [0.5, 0.6) is 0 Å². The van der Waals surface area contributed by atoms with Crippen LogP contribution in [0.4, 0.5) is 0 Å². The van der Waals surface area contributed by atoms with E-state index in [1.807, 2.05) is 0 Å². The minimum absolute atomic E-state index is 0.181. The third-order valence-corrected chi connectivity index (χ3v) is 8.77. The molecular weight excluding hydrogens is 617 g/mol. The van der Waals surface area contributed by atoms with E-state index in [9.17, 15) is 9.90 Å². The highest BCUT2D eigenvalue weighted by molar-refractivity contribution is 5.69. The van der Waals surface area contributed by atoms with E-state index in [0.29, 0.717) is 13.0 Å². The number of unbranched alkanes of at least 4 members (excludes halogenated alkanes) is 18. The standard InChI is InChI=1S/C46H80O4/c1-3-5-7-9-11-13-15-17-19-20-21-22-23-24-25-26-27-28-30-32-34-36-38-40-42-49-44-45(43-47)50-46(48)41-39-37-35-33-31-29-18-16-14-12-10-8-6-4-2/h5,7,11,13,16-19,21-22,24-25,45,47H,3-4,6,8-10,12,14-15,20,23,26-44H2,1-2H3/b7-5-,13-11-,18-16-,19-17-,22-21-,25-24-. The summed E-state index contributed by atoms with van der Waals surface area (Å²) in [5, 5.41) is 9.59. The highest BCUT2D eigenvalue weighted by atomic mass is 16.6. The Labute approximate surface area is 310 Å². The summed E-state index contributed by atoms with van der Waals surface area (Å²) in [6, 6.07) is 0. The molecule has 1 atom stereocenters. The first-order chi connectivity index (χ1) is 24.7. The molecule has 0 spiro atoms. The van der Waals surface area contributed by atoms with Crippen LogP contribution in [-0.4, -0.2) is 37.0 Å². The van der Waals surface area contributed by atoms with Crippen molar-refractivity contribution in [1.29, 1.82) is 0 Å². The lowest BCUT2D eigenvalue weighted by molar-refractivity contribution is -0.154. The first kappa shape index (κ1) is 47.8. The Morgan fingerprint density at radius 2 is 0.900 bits per heavy atom. The van der Waals surface area contributed by atoms with Crippen molar-refractivity contribution >= 4 is 5.97 Å². The molecule has 0 aliphatic carbocycles. The van der Waals surface area contributed by atoms with Gasteiger partial charge in [0, 0.05) is 13.0 Å². The van der Waals surface area contributed by atoms with Crippen molar-refractivity contribution in [2.75, 3.05) is 19.8 Å². The van der Waals surface area contributed by atoms with Gasteiger partial charge >= 0.3 is 5.97 Å². The number of rotatable bonds is 38. The first-order valence-corrected chi connectivity index (χ1v) is 21.0. The molecule has 0 aliphatic rings. The second kappa shape index (κ2) is 43.0. The van der Waals surface area contributed by atoms with Gasteiger partial charge in [0.2, 0.25) is 0 Å². The predicted octanol–water partition coefficient (Wildman–Crippen LogP) is 13.8. The van der Waals surface area contributed by atoms with Gasteiger partial charge in [-0.2, -0.15) is 0 Å². The van der Waals surface area contributed by atoms with Gasteiger partial charge in [0.25, 0.3) is 0 Å². The molecule has 4 nitrogen and oxygen atoms in total. The van der Waals surface area contributed by atoms with Crippen molar-refractivity contribution < 1.29 is 19.4 Å². The van der Waals surface area contributed by atoms with Crippen molar-refractivity contribution in [3.63, 3.8) is 0 Å². The zero-order valence-electron chi connectivity index (χ0n) is 32.9. The summed E-state index contributed by atoms with van der Waals surface area (Å²) in [4.78, 5) is 12.2. The van der Waals surface area contributed by atoms with Crippen LogP contribution in [0.25, 0.3) is 0 Å². The van der Waals surface area contributed by atoms with Crippen LogP contribution in [0.1, 0.15) is 187 Å². The van der Waals surface area contributed by atoms with Gasteiger partial charge in [-0.05, 0) is 83.5 Å². The van der Waals surface area contributed by atoms with E-state index in [1.165, 1.54) is 109 Å². The summed E-state index contributed by atoms with van der Waals surface area (Å²) < 4.78 is 11.1. The summed E-state index contributed by atoms with van der Waals surface area (Å²) in [7, 11) is 0. The molecule has 50 heavy (non-hydrogen) atoms. The molecule has 0 rings (SSSR count). The molecule has 0 fully saturated rings. The van der Waals surface area contributed by atoms with Crippen molar-refractivity contribution in [3.05, 3.63) is 72.9 Å². The number of hydrogen-bond donors (Lipinski definition) is 1. The number of aliphatic hydroxyl groups is 1. The molecule has 0 aromatic rings. The molecular formula is C46H80O4. The minimum atomic E-state index is -0.546. The Kier molecular flexibility index (Phi) is 41.1. The lowest BCUT2D eigenvalue weighted by Gasteiger charge is -2.15. The van der Waals surface area contributed by atoms with Crippen LogP contribution >= 0.6 is 0 Å². The predicted molar refractivity (Wildman–Crippen MR) is 219 cm³/mol. The SMILES string of the molecule is CC/C=C\C/C=C\C/C=C\C/C=C\C/C=C\CCCCCCCCCCOCC(CO)OC(=O)CCCCCCC/C=C\CCCCCCC. The quantitative estimate of drug-likeness (QED) is 0.0397. The maximum atomic E-state index is 12.2. The van der Waals surface area contributed by atoms with Crippen LogP contribution in [0.15, 0.2) is 72.9 Å². The largest absolute Gasteiger partial charge is 0.457 e. The summed E-state index contributed by atoms with van der Waals surface area (Å²) in [6.45, 7) is 5.19. The lowest BCUT2D eigenvalue weighted by Crippen LogP contribution is -2.27. The van der Waals surface area contributed by atoms with E-state index in [1.54, 1.807) is 0 Å². The van der Waals surface area contributed by atoms with Crippen molar-refractivity contribution in [1.82, 2.24) is 0 Å². The average molecular weight is 697 g/mol. The number of aliphatic hydroxyl groups excluding tert-OH is 1. The van der Waals surface area contributed by atoms with Crippen molar-refractivity contribution in [2.24, 2.45) is 0 Å². The fraction of sp³-hybridized carbons (Fsp3) is 0.717. The number of carbonyl (C=O) groups is 1. The zero-order valence-corrected chi connectivity index (χ0v) is 32.9. The van der Waals surface area contributed by atoms with Gasteiger partial charge in [-0.3, -0.25) is 4.79 Å². The van der Waals surface area contributed by atoms with Gasteiger partial charge < -0.3 is 14.6 Å². The zero-order chi connectivity index (χ0) is 36.3. The molecule has 1 N–H and O–H groups in total. The van der Waals surface area contributed by atoms with Gasteiger partial charge in [-0.1, -0.05) is 170 Å². The maximum absolute atomic E-state index is 12.2. The summed E-state index contributed by atoms with van der Waals surface area (Å²) in [6.07, 6.45) is 58.1. The Morgan fingerprint density at radius 1 is 0.500 bits per heavy atom. The molecule has 1 unspecified atom stereocenters. The Balaban J connectivity index is 3.49. The van der Waals surface area contributed by atoms with Gasteiger partial charge in [0.1, 0.15) is 6.10 Å². The smallest absolute Gasteiger partial charge is 0.306 e. The second-order valence-corrected chi connectivity index (χ2v) is 13.7. The Hall–Kier alpha value is -2.17. The molecule has 288 valence electrons. The number of carbonyl (C=O) groups excluding carboxylic acids is 1. The van der Waals surface area contributed by atoms with E-state index in [4.69, 9.17) is 9.47 Å². The van der Waals surface area contributed by atoms with Gasteiger partial charge in [-0.25, -0.2) is 0 Å². The molecule has 0 bridgehead atoms. The first-order valence-electron chi connectivity index (χ1n) is 21.0. The van der Waals surface area contributed by atoms with Crippen LogP contribution in [0, 0.1) is 0 Å². The Bertz CT molecular complexity index is 865. The van der Waals surface area contributed by atoms with Gasteiger partial charge in [0.05, 0.1) is 13.2 Å². The van der Waals surface area contributed by atoms with Gasteiger partial charge in [0.15, 0.2) is 0 Å². The second-order valence-electron chi connectivity index (χ2n) is 13.7. The van der Waals surface area contributed by atoms with E-state index in [2.05, 4.69) is 86.8 Å². The molecule has 0 saturated heterocycles. The summed E-state index contributed by atoms with van der Waals surface area (Å²) in [5.41, 5.74) is 0. The van der Waals surface area contributed by atoms with E-state index >= 15 is 0 Å². The molecule has 4 heteroatoms. The molecule has 0 aromatic carbocycles. The highest BCUT2D eigenvalue weighted by Gasteiger charge is 2.13. The number of ether oxygens (including phenoxy) is 2. The normalized spacial score (nSPS) is 13.1. The van der Waals surface area contributed by atoms with Crippen molar-refractivity contribution in [3.8, 4) is 0 Å². The summed E-state index contributed by atoms with van der Waals surface area (Å²) in [5.74, 6) is -0.215. The summed E-state index contributed by atoms with van der Waals surface area (Å²) >= 11 is 0. The minimum Gasteiger partial charge on any atom is -0.457 e. The van der Waals surface area contributed by atoms with Crippen LogP contribution in [0.2, 0.25) is 0 Å². The lowest BCUT2D eigenvalue weighted by atomic mass is 10.1.